The molecular formula is C65H39N5O. The maximum absolute atomic E-state index is 6.75. The third-order valence-corrected chi connectivity index (χ3v) is 14.3. The lowest BCUT2D eigenvalue weighted by Gasteiger charge is -2.17. The van der Waals surface area contributed by atoms with Gasteiger partial charge in [0.15, 0.2) is 17.5 Å². The maximum atomic E-state index is 6.75. The highest BCUT2D eigenvalue weighted by molar-refractivity contribution is 6.18. The van der Waals surface area contributed by atoms with E-state index in [4.69, 9.17) is 19.4 Å². The number of hydrogen-bond acceptors (Lipinski definition) is 4. The summed E-state index contributed by atoms with van der Waals surface area (Å²) in [4.78, 5) is 16.4. The summed E-state index contributed by atoms with van der Waals surface area (Å²) in [5.74, 6) is 1.74. The molecule has 0 fully saturated rings. The molecule has 0 bridgehead atoms. The molecule has 0 atom stereocenters. The van der Waals surface area contributed by atoms with Crippen molar-refractivity contribution in [3.63, 3.8) is 0 Å². The Bertz CT molecular complexity index is 4640. The Labute approximate surface area is 407 Å². The van der Waals surface area contributed by atoms with Gasteiger partial charge in [-0.05, 0) is 112 Å². The molecule has 330 valence electrons. The topological polar surface area (TPSA) is 61.7 Å². The first-order chi connectivity index (χ1) is 35.2. The van der Waals surface area contributed by atoms with Gasteiger partial charge in [0.05, 0.1) is 22.1 Å². The van der Waals surface area contributed by atoms with Gasteiger partial charge >= 0.3 is 0 Å². The SMILES string of the molecule is c1ccc(-c2nc(-c3ccc(-n4c5ccccc5c5cc6ccccc6cc54)cc3-c3cccc4oc5cc6ccccc6cc5c34)nc(-c3cccc4c5ccccc5n(-c5ccccc5)c34)n2)cc1. The molecule has 71 heavy (non-hydrogen) atoms. The molecule has 15 aromatic rings. The molecule has 11 aromatic carbocycles. The van der Waals surface area contributed by atoms with Crippen LogP contribution >= 0.6 is 0 Å². The second-order valence-corrected chi connectivity index (χ2v) is 18.3. The second kappa shape index (κ2) is 15.4. The fourth-order valence-electron chi connectivity index (χ4n) is 11.1. The molecule has 6 nitrogen and oxygen atoms in total. The van der Waals surface area contributed by atoms with E-state index in [2.05, 4.69) is 228 Å². The summed E-state index contributed by atoms with van der Waals surface area (Å²) in [5, 5.41) is 11.5. The molecule has 0 amide bonds. The van der Waals surface area contributed by atoms with Crippen LogP contribution in [0.5, 0.6) is 0 Å². The number of rotatable bonds is 6. The molecule has 0 N–H and O–H groups in total. The fraction of sp³-hybridized carbons (Fsp3) is 0. The largest absolute Gasteiger partial charge is 0.456 e. The average Bonchev–Trinajstić information content (AvgIpc) is 4.09. The van der Waals surface area contributed by atoms with Gasteiger partial charge in [-0.3, -0.25) is 0 Å². The molecule has 6 heteroatoms. The van der Waals surface area contributed by atoms with E-state index in [1.807, 2.05) is 18.2 Å². The van der Waals surface area contributed by atoms with Crippen molar-refractivity contribution in [1.82, 2.24) is 24.1 Å². The van der Waals surface area contributed by atoms with Crippen LogP contribution in [-0.2, 0) is 0 Å². The van der Waals surface area contributed by atoms with Crippen LogP contribution in [0, 0.1) is 0 Å². The van der Waals surface area contributed by atoms with Gasteiger partial charge in [0.25, 0.3) is 0 Å². The molecule has 4 aromatic heterocycles. The first-order valence-electron chi connectivity index (χ1n) is 24.0. The smallest absolute Gasteiger partial charge is 0.166 e. The van der Waals surface area contributed by atoms with E-state index < -0.39 is 0 Å². The Kier molecular flexibility index (Phi) is 8.56. The lowest BCUT2D eigenvalue weighted by molar-refractivity contribution is 0.669. The van der Waals surface area contributed by atoms with Crippen LogP contribution in [-0.4, -0.2) is 24.1 Å². The quantitative estimate of drug-likeness (QED) is 0.167. The zero-order valence-corrected chi connectivity index (χ0v) is 38.2. The van der Waals surface area contributed by atoms with Crippen molar-refractivity contribution < 1.29 is 4.42 Å². The molecule has 0 saturated heterocycles. The molecule has 0 aliphatic carbocycles. The summed E-state index contributed by atoms with van der Waals surface area (Å²) in [7, 11) is 0. The molecule has 0 aliphatic heterocycles. The van der Waals surface area contributed by atoms with E-state index in [0.717, 1.165) is 105 Å². The summed E-state index contributed by atoms with van der Waals surface area (Å²) in [5.41, 5.74) is 12.8. The van der Waals surface area contributed by atoms with Crippen molar-refractivity contribution in [2.45, 2.75) is 0 Å². The van der Waals surface area contributed by atoms with Crippen molar-refractivity contribution in [2.24, 2.45) is 0 Å². The maximum Gasteiger partial charge on any atom is 0.166 e. The van der Waals surface area contributed by atoms with Crippen molar-refractivity contribution in [1.29, 1.82) is 0 Å². The zero-order chi connectivity index (χ0) is 46.6. The summed E-state index contributed by atoms with van der Waals surface area (Å²) < 4.78 is 11.5. The molecule has 0 aliphatic rings. The minimum absolute atomic E-state index is 0.568. The molecule has 0 radical (unpaired) electrons. The number of benzene rings is 11. The van der Waals surface area contributed by atoms with E-state index >= 15 is 0 Å². The first-order valence-corrected chi connectivity index (χ1v) is 24.0. The standard InChI is InChI=1S/C65H39N5O/c1-3-17-40(18-4-1)63-66-64(68-65(67-63)52-29-15-28-50-47-25-11-14-31-57(47)70(62(50)52)45-23-5-2-6-24-45)51-34-33-46(69-56-30-13-12-26-48(56)54-35-41-19-7-9-21-43(41)37-58(54)69)39-53(51)49-27-16-32-59-61(49)55-36-42-20-8-10-22-44(42)38-60(55)71-59/h1-39H. The number of aromatic nitrogens is 5. The third-order valence-electron chi connectivity index (χ3n) is 14.3. The van der Waals surface area contributed by atoms with Gasteiger partial charge in [-0.15, -0.1) is 0 Å². The Morgan fingerprint density at radius 2 is 0.859 bits per heavy atom. The Morgan fingerprint density at radius 1 is 0.296 bits per heavy atom. The van der Waals surface area contributed by atoms with Crippen molar-refractivity contribution in [2.75, 3.05) is 0 Å². The summed E-state index contributed by atoms with van der Waals surface area (Å²) in [6, 6.07) is 83.9. The zero-order valence-electron chi connectivity index (χ0n) is 38.2. The Morgan fingerprint density at radius 3 is 1.62 bits per heavy atom. The lowest BCUT2D eigenvalue weighted by Crippen LogP contribution is -2.03. The molecular weight excluding hydrogens is 867 g/mol. The monoisotopic (exact) mass is 905 g/mol. The second-order valence-electron chi connectivity index (χ2n) is 18.3. The van der Waals surface area contributed by atoms with Gasteiger partial charge in [0.1, 0.15) is 11.2 Å². The highest BCUT2D eigenvalue weighted by Gasteiger charge is 2.24. The molecule has 4 heterocycles. The van der Waals surface area contributed by atoms with Gasteiger partial charge in [0, 0.05) is 60.4 Å². The normalized spacial score (nSPS) is 11.9. The fourth-order valence-corrected chi connectivity index (χ4v) is 11.1. The van der Waals surface area contributed by atoms with Gasteiger partial charge in [-0.25, -0.2) is 15.0 Å². The molecule has 0 saturated carbocycles. The Hall–Kier alpha value is -9.65. The number of fused-ring (bicyclic) bond motifs is 11. The summed E-state index contributed by atoms with van der Waals surface area (Å²) in [6.07, 6.45) is 0. The van der Waals surface area contributed by atoms with Crippen LogP contribution < -0.4 is 0 Å². The minimum atomic E-state index is 0.568. The third kappa shape index (κ3) is 6.11. The highest BCUT2D eigenvalue weighted by Crippen LogP contribution is 2.45. The van der Waals surface area contributed by atoms with E-state index in [1.54, 1.807) is 0 Å². The van der Waals surface area contributed by atoms with Crippen LogP contribution in [0.15, 0.2) is 241 Å². The molecule has 15 rings (SSSR count). The van der Waals surface area contributed by atoms with Gasteiger partial charge < -0.3 is 13.6 Å². The Balaban J connectivity index is 1.05. The first kappa shape index (κ1) is 39.4. The van der Waals surface area contributed by atoms with Gasteiger partial charge in [0.2, 0.25) is 0 Å². The van der Waals surface area contributed by atoms with Crippen LogP contribution in [0.2, 0.25) is 0 Å². The van der Waals surface area contributed by atoms with Crippen LogP contribution in [0.25, 0.3) is 144 Å². The summed E-state index contributed by atoms with van der Waals surface area (Å²) in [6.45, 7) is 0. The van der Waals surface area contributed by atoms with Crippen molar-refractivity contribution in [3.05, 3.63) is 237 Å². The molecule has 0 spiro atoms. The van der Waals surface area contributed by atoms with E-state index in [-0.39, 0.29) is 0 Å². The van der Waals surface area contributed by atoms with Crippen LogP contribution in [0.4, 0.5) is 0 Å². The number of hydrogen-bond donors (Lipinski definition) is 0. The minimum Gasteiger partial charge on any atom is -0.456 e. The van der Waals surface area contributed by atoms with Gasteiger partial charge in [-0.2, -0.15) is 0 Å². The van der Waals surface area contributed by atoms with Crippen molar-refractivity contribution in [3.8, 4) is 56.7 Å². The van der Waals surface area contributed by atoms with Crippen molar-refractivity contribution >= 4 is 87.1 Å². The van der Waals surface area contributed by atoms with Crippen LogP contribution in [0.3, 0.4) is 0 Å². The number of nitrogens with zero attached hydrogens (tertiary/aromatic N) is 5. The van der Waals surface area contributed by atoms with Crippen LogP contribution in [0.1, 0.15) is 0 Å². The predicted molar refractivity (Wildman–Crippen MR) is 293 cm³/mol. The lowest BCUT2D eigenvalue weighted by atomic mass is 9.93. The van der Waals surface area contributed by atoms with Gasteiger partial charge in [-0.1, -0.05) is 158 Å². The summed E-state index contributed by atoms with van der Waals surface area (Å²) >= 11 is 0. The highest BCUT2D eigenvalue weighted by atomic mass is 16.3. The van der Waals surface area contributed by atoms with E-state index in [0.29, 0.717) is 17.5 Å². The average molecular weight is 906 g/mol. The number of furan rings is 1. The van der Waals surface area contributed by atoms with E-state index in [9.17, 15) is 0 Å². The molecule has 0 unspecified atom stereocenters. The van der Waals surface area contributed by atoms with E-state index in [1.165, 1.54) is 21.5 Å². The number of para-hydroxylation sites is 4. The predicted octanol–water partition coefficient (Wildman–Crippen LogP) is 16.9.